The number of amides is 1. The maximum Gasteiger partial charge on any atom is 0.220 e. The molecule has 2 aromatic heterocycles. The first kappa shape index (κ1) is 17.5. The summed E-state index contributed by atoms with van der Waals surface area (Å²) in [6.07, 6.45) is 7.22. The lowest BCUT2D eigenvalue weighted by atomic mass is 10.0. The molecule has 1 fully saturated rings. The summed E-state index contributed by atoms with van der Waals surface area (Å²) >= 11 is 0. The Morgan fingerprint density at radius 2 is 2.26 bits per heavy atom. The van der Waals surface area contributed by atoms with Crippen LogP contribution in [0.2, 0.25) is 0 Å². The summed E-state index contributed by atoms with van der Waals surface area (Å²) in [5, 5.41) is 8.30. The van der Waals surface area contributed by atoms with E-state index in [9.17, 15) is 4.79 Å². The molecule has 140 valence electrons. The molecular weight excluding hydrogens is 340 g/mol. The normalized spacial score (nSPS) is 17.9. The number of hydrogen-bond donors (Lipinski definition) is 1. The van der Waals surface area contributed by atoms with Gasteiger partial charge >= 0.3 is 0 Å². The molecule has 0 bridgehead atoms. The van der Waals surface area contributed by atoms with E-state index in [0.717, 1.165) is 40.7 Å². The van der Waals surface area contributed by atoms with Crippen LogP contribution in [-0.2, 0) is 11.3 Å². The molecule has 1 N–H and O–H groups in total. The van der Waals surface area contributed by atoms with Gasteiger partial charge < -0.3 is 10.1 Å². The fraction of sp³-hybridized carbons (Fsp3) is 0.381. The fourth-order valence-corrected chi connectivity index (χ4v) is 3.53. The minimum absolute atomic E-state index is 0.0644. The van der Waals surface area contributed by atoms with Gasteiger partial charge in [0.25, 0.3) is 0 Å². The molecule has 1 aliphatic rings. The Hall–Kier alpha value is -2.89. The van der Waals surface area contributed by atoms with Crippen LogP contribution in [0.25, 0.3) is 22.0 Å². The summed E-state index contributed by atoms with van der Waals surface area (Å²) in [7, 11) is 0. The molecule has 1 saturated heterocycles. The summed E-state index contributed by atoms with van der Waals surface area (Å²) in [4.78, 5) is 16.0. The third-order valence-electron chi connectivity index (χ3n) is 5.09. The second kappa shape index (κ2) is 7.39. The molecule has 1 aliphatic heterocycles. The number of nitrogens with zero attached hydrogens (tertiary/aromatic N) is 3. The zero-order chi connectivity index (χ0) is 18.8. The molecule has 2 atom stereocenters. The average molecular weight is 364 g/mol. The van der Waals surface area contributed by atoms with E-state index in [1.807, 2.05) is 29.9 Å². The van der Waals surface area contributed by atoms with Gasteiger partial charge in [0.1, 0.15) is 11.9 Å². The molecule has 3 heterocycles. The molecule has 4 rings (SSSR count). The first-order valence-corrected chi connectivity index (χ1v) is 9.49. The number of aromatic nitrogens is 3. The van der Waals surface area contributed by atoms with Crippen molar-refractivity contribution in [3.63, 3.8) is 0 Å². The molecule has 1 amide bonds. The predicted molar refractivity (Wildman–Crippen MR) is 104 cm³/mol. The lowest BCUT2D eigenvalue weighted by Gasteiger charge is -2.21. The van der Waals surface area contributed by atoms with E-state index in [0.29, 0.717) is 13.0 Å². The van der Waals surface area contributed by atoms with Crippen LogP contribution in [0.5, 0.6) is 5.75 Å². The summed E-state index contributed by atoms with van der Waals surface area (Å²) in [5.41, 5.74) is 2.97. The first-order valence-electron chi connectivity index (χ1n) is 9.49. The highest BCUT2D eigenvalue weighted by Crippen LogP contribution is 2.33. The second-order valence-corrected chi connectivity index (χ2v) is 7.13. The van der Waals surface area contributed by atoms with Crippen LogP contribution in [0.3, 0.4) is 0 Å². The minimum atomic E-state index is -0.0644. The number of fused-ring (bicyclic) bond motifs is 1. The van der Waals surface area contributed by atoms with Crippen molar-refractivity contribution in [1.29, 1.82) is 0 Å². The van der Waals surface area contributed by atoms with E-state index >= 15 is 0 Å². The number of hydrogen-bond acceptors (Lipinski definition) is 4. The third kappa shape index (κ3) is 3.65. The summed E-state index contributed by atoms with van der Waals surface area (Å²) in [6.45, 7) is 5.73. The molecule has 1 aromatic carbocycles. The van der Waals surface area contributed by atoms with Gasteiger partial charge in [-0.05, 0) is 43.2 Å². The lowest BCUT2D eigenvalue weighted by Crippen LogP contribution is -2.25. The number of carbonyl (C=O) groups excluding carboxylic acids is 1. The number of carbonyl (C=O) groups is 1. The van der Waals surface area contributed by atoms with Gasteiger partial charge in [0.05, 0.1) is 11.7 Å². The fourth-order valence-electron chi connectivity index (χ4n) is 3.53. The molecule has 1 unspecified atom stereocenters. The number of pyridine rings is 1. The second-order valence-electron chi connectivity index (χ2n) is 7.13. The molecule has 3 aromatic rings. The standard InChI is InChI=1S/C21H24N4O2/c1-3-7-25-13-17(12-24-25)15-8-19-18(5-4-6-22-19)20(9-15)27-14(2)16-10-21(26)23-11-16/h4-6,8-9,12-14,16H,3,7,10-11H2,1-2H3,(H,23,26)/t14-,16?/m1/s1. The van der Waals surface area contributed by atoms with Crippen LogP contribution in [0.1, 0.15) is 26.7 Å². The van der Waals surface area contributed by atoms with Gasteiger partial charge in [-0.15, -0.1) is 0 Å². The van der Waals surface area contributed by atoms with E-state index in [-0.39, 0.29) is 17.9 Å². The van der Waals surface area contributed by atoms with Crippen LogP contribution < -0.4 is 10.1 Å². The maximum atomic E-state index is 11.5. The number of benzene rings is 1. The number of ether oxygens (including phenoxy) is 1. The van der Waals surface area contributed by atoms with E-state index < -0.39 is 0 Å². The van der Waals surface area contributed by atoms with Crippen LogP contribution in [0.15, 0.2) is 42.9 Å². The molecular formula is C21H24N4O2. The smallest absolute Gasteiger partial charge is 0.220 e. The molecule has 0 radical (unpaired) electrons. The molecule has 6 nitrogen and oxygen atoms in total. The number of nitrogens with one attached hydrogen (secondary N) is 1. The van der Waals surface area contributed by atoms with E-state index in [1.165, 1.54) is 0 Å². The quantitative estimate of drug-likeness (QED) is 0.728. The van der Waals surface area contributed by atoms with Crippen LogP contribution >= 0.6 is 0 Å². The van der Waals surface area contributed by atoms with Crippen molar-refractivity contribution in [3.8, 4) is 16.9 Å². The predicted octanol–water partition coefficient (Wildman–Crippen LogP) is 3.41. The van der Waals surface area contributed by atoms with E-state index in [4.69, 9.17) is 4.74 Å². The van der Waals surface area contributed by atoms with Crippen molar-refractivity contribution in [2.45, 2.75) is 39.3 Å². The number of aryl methyl sites for hydroxylation is 1. The molecule has 27 heavy (non-hydrogen) atoms. The minimum Gasteiger partial charge on any atom is -0.490 e. The van der Waals surface area contributed by atoms with E-state index in [2.05, 4.69) is 40.7 Å². The van der Waals surface area contributed by atoms with Crippen molar-refractivity contribution in [2.24, 2.45) is 5.92 Å². The number of rotatable bonds is 6. The maximum absolute atomic E-state index is 11.5. The Balaban J connectivity index is 1.68. The highest BCUT2D eigenvalue weighted by atomic mass is 16.5. The molecule has 6 heteroatoms. The van der Waals surface area contributed by atoms with Gasteiger partial charge in [-0.3, -0.25) is 14.5 Å². The lowest BCUT2D eigenvalue weighted by molar-refractivity contribution is -0.119. The van der Waals surface area contributed by atoms with Gasteiger partial charge in [-0.25, -0.2) is 0 Å². The van der Waals surface area contributed by atoms with Gasteiger partial charge in [0.2, 0.25) is 5.91 Å². The van der Waals surface area contributed by atoms with Crippen molar-refractivity contribution in [1.82, 2.24) is 20.1 Å². The summed E-state index contributed by atoms with van der Waals surface area (Å²) in [5.74, 6) is 1.07. The topological polar surface area (TPSA) is 69.0 Å². The van der Waals surface area contributed by atoms with Crippen LogP contribution in [-0.4, -0.2) is 33.3 Å². The SMILES string of the molecule is CCCn1cc(-c2cc(O[C@H](C)C3CNC(=O)C3)c3cccnc3c2)cn1. The van der Waals surface area contributed by atoms with Crippen molar-refractivity contribution >= 4 is 16.8 Å². The van der Waals surface area contributed by atoms with Crippen molar-refractivity contribution in [2.75, 3.05) is 6.54 Å². The summed E-state index contributed by atoms with van der Waals surface area (Å²) < 4.78 is 8.27. The highest BCUT2D eigenvalue weighted by Gasteiger charge is 2.28. The largest absolute Gasteiger partial charge is 0.490 e. The van der Waals surface area contributed by atoms with Crippen molar-refractivity contribution in [3.05, 3.63) is 42.9 Å². The average Bonchev–Trinajstić information content (AvgIpc) is 3.31. The molecule has 0 aliphatic carbocycles. The van der Waals surface area contributed by atoms with Crippen molar-refractivity contribution < 1.29 is 9.53 Å². The Morgan fingerprint density at radius 3 is 3.04 bits per heavy atom. The highest BCUT2D eigenvalue weighted by molar-refractivity contribution is 5.90. The Kier molecular flexibility index (Phi) is 4.79. The van der Waals surface area contributed by atoms with Crippen LogP contribution in [0.4, 0.5) is 0 Å². The Bertz CT molecular complexity index is 966. The summed E-state index contributed by atoms with van der Waals surface area (Å²) in [6, 6.07) is 8.06. The Labute approximate surface area is 158 Å². The zero-order valence-electron chi connectivity index (χ0n) is 15.7. The van der Waals surface area contributed by atoms with Gasteiger partial charge in [-0.2, -0.15) is 5.10 Å². The van der Waals surface area contributed by atoms with Gasteiger partial charge in [0.15, 0.2) is 0 Å². The van der Waals surface area contributed by atoms with Gasteiger partial charge in [-0.1, -0.05) is 6.92 Å². The molecule has 0 saturated carbocycles. The van der Waals surface area contributed by atoms with Gasteiger partial charge in [0, 0.05) is 48.8 Å². The monoisotopic (exact) mass is 364 g/mol. The Morgan fingerprint density at radius 1 is 1.37 bits per heavy atom. The zero-order valence-corrected chi connectivity index (χ0v) is 15.7. The first-order chi connectivity index (χ1) is 13.1. The third-order valence-corrected chi connectivity index (χ3v) is 5.09. The van der Waals surface area contributed by atoms with E-state index in [1.54, 1.807) is 6.20 Å². The van der Waals surface area contributed by atoms with Crippen LogP contribution in [0, 0.1) is 5.92 Å². The molecule has 0 spiro atoms.